The summed E-state index contributed by atoms with van der Waals surface area (Å²) in [4.78, 5) is 0. The fourth-order valence-electron chi connectivity index (χ4n) is 3.03. The third kappa shape index (κ3) is 2.56. The molecule has 1 unspecified atom stereocenters. The summed E-state index contributed by atoms with van der Waals surface area (Å²) < 4.78 is 12.6. The maximum Gasteiger partial charge on any atom is 0.0328 e. The Balaban J connectivity index is 1.69. The van der Waals surface area contributed by atoms with Crippen molar-refractivity contribution < 1.29 is 4.21 Å². The Morgan fingerprint density at radius 2 is 2.00 bits per heavy atom. The molecule has 4 heteroatoms. The van der Waals surface area contributed by atoms with E-state index >= 15 is 0 Å². The van der Waals surface area contributed by atoms with Crippen LogP contribution in [0.25, 0.3) is 0 Å². The molecule has 0 amide bonds. The predicted molar refractivity (Wildman–Crippen MR) is 79.2 cm³/mol. The van der Waals surface area contributed by atoms with Gasteiger partial charge in [0.15, 0.2) is 0 Å². The molecule has 1 aromatic carbocycles. The Morgan fingerprint density at radius 1 is 1.22 bits per heavy atom. The molecule has 0 saturated carbocycles. The molecule has 1 aliphatic heterocycles. The highest BCUT2D eigenvalue weighted by Crippen LogP contribution is 2.36. The average Bonchev–Trinajstić information content (AvgIpc) is 2.77. The summed E-state index contributed by atoms with van der Waals surface area (Å²) in [5, 5.41) is 3.77. The van der Waals surface area contributed by atoms with Gasteiger partial charge >= 0.3 is 0 Å². The second-order valence-electron chi connectivity index (χ2n) is 5.19. The molecule has 1 atom stereocenters. The van der Waals surface area contributed by atoms with Gasteiger partial charge in [-0.15, -0.1) is 0 Å². The van der Waals surface area contributed by atoms with Gasteiger partial charge in [-0.1, -0.05) is 28.1 Å². The van der Waals surface area contributed by atoms with Crippen LogP contribution in [0, 0.1) is 0 Å². The molecule has 1 fully saturated rings. The smallest absolute Gasteiger partial charge is 0.0328 e. The molecular weight excluding hydrogens is 310 g/mol. The number of halogens is 1. The van der Waals surface area contributed by atoms with Crippen molar-refractivity contribution in [2.75, 3.05) is 11.5 Å². The highest BCUT2D eigenvalue weighted by atomic mass is 79.9. The van der Waals surface area contributed by atoms with E-state index in [1.54, 1.807) is 0 Å². The molecule has 1 aromatic rings. The standard InChI is InChI=1S/C14H18BrNOS/c15-13-3-1-2-12-11(13)4-5-14(12)16-10-6-8-18(17)9-7-10/h1-3,10,14,16H,4-9H2. The highest BCUT2D eigenvalue weighted by molar-refractivity contribution is 9.10. The lowest BCUT2D eigenvalue weighted by Gasteiger charge is -2.26. The van der Waals surface area contributed by atoms with Crippen molar-refractivity contribution in [1.82, 2.24) is 5.32 Å². The van der Waals surface area contributed by atoms with Crippen LogP contribution in [0.4, 0.5) is 0 Å². The van der Waals surface area contributed by atoms with E-state index in [4.69, 9.17) is 0 Å². The number of hydrogen-bond acceptors (Lipinski definition) is 2. The van der Waals surface area contributed by atoms with Gasteiger partial charge in [0, 0.05) is 38.9 Å². The zero-order chi connectivity index (χ0) is 12.5. The summed E-state index contributed by atoms with van der Waals surface area (Å²) in [5.74, 6) is 1.74. The van der Waals surface area contributed by atoms with Gasteiger partial charge in [0.25, 0.3) is 0 Å². The monoisotopic (exact) mass is 327 g/mol. The van der Waals surface area contributed by atoms with Gasteiger partial charge in [0.1, 0.15) is 0 Å². The van der Waals surface area contributed by atoms with Gasteiger partial charge in [0.05, 0.1) is 0 Å². The summed E-state index contributed by atoms with van der Waals surface area (Å²) in [7, 11) is -0.560. The number of benzene rings is 1. The van der Waals surface area contributed by atoms with E-state index in [-0.39, 0.29) is 0 Å². The SMILES string of the molecule is O=S1CCC(NC2CCc3c(Br)cccc32)CC1. The Morgan fingerprint density at radius 3 is 2.78 bits per heavy atom. The minimum absolute atomic E-state index is 0.494. The largest absolute Gasteiger partial charge is 0.307 e. The Hall–Kier alpha value is -0.190. The van der Waals surface area contributed by atoms with Gasteiger partial charge in [0.2, 0.25) is 0 Å². The third-order valence-electron chi connectivity index (χ3n) is 4.04. The maximum atomic E-state index is 11.4. The van der Waals surface area contributed by atoms with Crippen molar-refractivity contribution in [2.45, 2.75) is 37.8 Å². The molecule has 2 nitrogen and oxygen atoms in total. The quantitative estimate of drug-likeness (QED) is 0.904. The second kappa shape index (κ2) is 5.43. The van der Waals surface area contributed by atoms with Crippen LogP contribution in [0.3, 0.4) is 0 Å². The van der Waals surface area contributed by atoms with Crippen LogP contribution in [0.5, 0.6) is 0 Å². The molecular formula is C14H18BrNOS. The van der Waals surface area contributed by atoms with Crippen LogP contribution in [0.15, 0.2) is 22.7 Å². The first-order valence-corrected chi connectivity index (χ1v) is 8.90. The van der Waals surface area contributed by atoms with E-state index in [9.17, 15) is 4.21 Å². The van der Waals surface area contributed by atoms with Gasteiger partial charge in [-0.05, 0) is 42.9 Å². The first-order valence-electron chi connectivity index (χ1n) is 6.62. The van der Waals surface area contributed by atoms with E-state index in [0.717, 1.165) is 30.8 Å². The first-order chi connectivity index (χ1) is 8.74. The van der Waals surface area contributed by atoms with Crippen LogP contribution in [-0.2, 0) is 17.2 Å². The fourth-order valence-corrected chi connectivity index (χ4v) is 4.91. The molecule has 0 aromatic heterocycles. The van der Waals surface area contributed by atoms with Crippen LogP contribution in [0.1, 0.15) is 36.4 Å². The molecule has 1 saturated heterocycles. The van der Waals surface area contributed by atoms with E-state index in [0.29, 0.717) is 12.1 Å². The lowest BCUT2D eigenvalue weighted by Crippen LogP contribution is -2.37. The molecule has 1 aliphatic carbocycles. The summed E-state index contributed by atoms with van der Waals surface area (Å²) in [6.07, 6.45) is 4.48. The predicted octanol–water partition coefficient (Wildman–Crippen LogP) is 2.94. The van der Waals surface area contributed by atoms with Crippen molar-refractivity contribution >= 4 is 26.7 Å². The van der Waals surface area contributed by atoms with Crippen LogP contribution >= 0.6 is 15.9 Å². The molecule has 0 bridgehead atoms. The van der Waals surface area contributed by atoms with Gasteiger partial charge in [-0.2, -0.15) is 0 Å². The highest BCUT2D eigenvalue weighted by Gasteiger charge is 2.27. The van der Waals surface area contributed by atoms with E-state index in [1.165, 1.54) is 22.0 Å². The molecule has 0 radical (unpaired) electrons. The minimum atomic E-state index is -0.560. The van der Waals surface area contributed by atoms with Crippen molar-refractivity contribution in [3.63, 3.8) is 0 Å². The van der Waals surface area contributed by atoms with E-state index in [2.05, 4.69) is 39.4 Å². The molecule has 3 rings (SSSR count). The zero-order valence-corrected chi connectivity index (χ0v) is 12.7. The maximum absolute atomic E-state index is 11.4. The number of rotatable bonds is 2. The molecule has 1 N–H and O–H groups in total. The number of fused-ring (bicyclic) bond motifs is 1. The summed E-state index contributed by atoms with van der Waals surface area (Å²) in [6, 6.07) is 7.54. The van der Waals surface area contributed by atoms with Crippen molar-refractivity contribution in [3.05, 3.63) is 33.8 Å². The number of nitrogens with one attached hydrogen (secondary N) is 1. The zero-order valence-electron chi connectivity index (χ0n) is 10.3. The third-order valence-corrected chi connectivity index (χ3v) is 6.16. The average molecular weight is 328 g/mol. The van der Waals surface area contributed by atoms with Crippen molar-refractivity contribution in [2.24, 2.45) is 0 Å². The van der Waals surface area contributed by atoms with Crippen LogP contribution in [0.2, 0.25) is 0 Å². The van der Waals surface area contributed by atoms with Crippen molar-refractivity contribution in [3.8, 4) is 0 Å². The van der Waals surface area contributed by atoms with Gasteiger partial charge < -0.3 is 5.32 Å². The summed E-state index contributed by atoms with van der Waals surface area (Å²) in [5.41, 5.74) is 2.92. The Kier molecular flexibility index (Phi) is 3.87. The molecule has 1 heterocycles. The van der Waals surface area contributed by atoms with Crippen LogP contribution < -0.4 is 5.32 Å². The Bertz CT molecular complexity index is 467. The van der Waals surface area contributed by atoms with Crippen LogP contribution in [-0.4, -0.2) is 21.8 Å². The number of hydrogen-bond donors (Lipinski definition) is 1. The minimum Gasteiger partial charge on any atom is -0.307 e. The lowest BCUT2D eigenvalue weighted by molar-refractivity contribution is 0.408. The Labute approximate surface area is 119 Å². The van der Waals surface area contributed by atoms with Gasteiger partial charge in [-0.3, -0.25) is 4.21 Å². The normalized spacial score (nSPS) is 31.3. The topological polar surface area (TPSA) is 29.1 Å². The second-order valence-corrected chi connectivity index (χ2v) is 7.74. The van der Waals surface area contributed by atoms with E-state index < -0.39 is 10.8 Å². The summed E-state index contributed by atoms with van der Waals surface area (Å²) >= 11 is 3.64. The lowest BCUT2D eigenvalue weighted by atomic mass is 10.1. The van der Waals surface area contributed by atoms with Gasteiger partial charge in [-0.25, -0.2) is 0 Å². The van der Waals surface area contributed by atoms with E-state index in [1.807, 2.05) is 0 Å². The van der Waals surface area contributed by atoms with Crippen molar-refractivity contribution in [1.29, 1.82) is 0 Å². The molecule has 18 heavy (non-hydrogen) atoms. The summed E-state index contributed by atoms with van der Waals surface area (Å²) in [6.45, 7) is 0. The first kappa shape index (κ1) is 12.8. The molecule has 0 spiro atoms. The fraction of sp³-hybridized carbons (Fsp3) is 0.571. The molecule has 2 aliphatic rings. The molecule has 98 valence electrons.